The maximum absolute atomic E-state index is 12.1. The number of nitrogens with zero attached hydrogens (tertiary/aromatic N) is 1. The molecule has 0 saturated heterocycles. The summed E-state index contributed by atoms with van der Waals surface area (Å²) in [6, 6.07) is 7.51. The Morgan fingerprint density at radius 1 is 1.26 bits per heavy atom. The molecule has 0 amide bonds. The normalized spacial score (nSPS) is 11.6. The zero-order valence-electron chi connectivity index (χ0n) is 11.8. The van der Waals surface area contributed by atoms with E-state index in [2.05, 4.69) is 0 Å². The van der Waals surface area contributed by atoms with Crippen molar-refractivity contribution in [1.29, 1.82) is 0 Å². The monoisotopic (exact) mass is 261 g/mol. The molecule has 1 aromatic heterocycles. The molecular weight excluding hydrogens is 242 g/mol. The summed E-state index contributed by atoms with van der Waals surface area (Å²) >= 11 is 0. The first-order chi connectivity index (χ1) is 8.90. The van der Waals surface area contributed by atoms with Crippen LogP contribution >= 0.6 is 0 Å². The van der Waals surface area contributed by atoms with Gasteiger partial charge in [0.2, 0.25) is 0 Å². The fourth-order valence-corrected chi connectivity index (χ4v) is 1.85. The topological polar surface area (TPSA) is 40.5 Å². The average Bonchev–Trinajstić information content (AvgIpc) is 2.70. The highest BCUT2D eigenvalue weighted by molar-refractivity contribution is 5.90. The second kappa shape index (κ2) is 4.96. The van der Waals surface area contributed by atoms with Crippen molar-refractivity contribution in [3.05, 3.63) is 30.5 Å². The molecule has 19 heavy (non-hydrogen) atoms. The van der Waals surface area contributed by atoms with Gasteiger partial charge in [0.1, 0.15) is 11.4 Å². The first-order valence-electron chi connectivity index (χ1n) is 6.38. The summed E-state index contributed by atoms with van der Waals surface area (Å²) in [7, 11) is 0. The highest BCUT2D eigenvalue weighted by Crippen LogP contribution is 2.23. The smallest absolute Gasteiger partial charge is 0.418 e. The fraction of sp³-hybridized carbons (Fsp3) is 0.400. The summed E-state index contributed by atoms with van der Waals surface area (Å²) in [5.74, 6) is 0.803. The number of carbonyl (C=O) groups excluding carboxylic acids is 1. The molecular formula is C15H19NO3. The van der Waals surface area contributed by atoms with E-state index in [-0.39, 0.29) is 6.09 Å². The van der Waals surface area contributed by atoms with Crippen LogP contribution < -0.4 is 4.74 Å². The maximum atomic E-state index is 12.1. The Bertz CT molecular complexity index is 593. The summed E-state index contributed by atoms with van der Waals surface area (Å²) in [6.07, 6.45) is 1.35. The zero-order chi connectivity index (χ0) is 14.0. The van der Waals surface area contributed by atoms with Crippen LogP contribution in [0.15, 0.2) is 30.5 Å². The maximum Gasteiger partial charge on any atom is 0.418 e. The molecule has 1 aromatic carbocycles. The van der Waals surface area contributed by atoms with E-state index in [4.69, 9.17) is 9.47 Å². The lowest BCUT2D eigenvalue weighted by Crippen LogP contribution is -2.26. The molecule has 2 aromatic rings. The van der Waals surface area contributed by atoms with Crippen LogP contribution in [-0.2, 0) is 4.74 Å². The third-order valence-electron chi connectivity index (χ3n) is 2.56. The van der Waals surface area contributed by atoms with Gasteiger partial charge in [0.05, 0.1) is 12.1 Å². The number of hydrogen-bond donors (Lipinski definition) is 0. The minimum atomic E-state index is -0.501. The number of benzene rings is 1. The van der Waals surface area contributed by atoms with Crippen molar-refractivity contribution in [3.63, 3.8) is 0 Å². The van der Waals surface area contributed by atoms with Gasteiger partial charge in [-0.25, -0.2) is 4.79 Å². The Balaban J connectivity index is 2.33. The summed E-state index contributed by atoms with van der Waals surface area (Å²) in [5.41, 5.74) is 0.316. The van der Waals surface area contributed by atoms with Crippen LogP contribution in [0, 0.1) is 0 Å². The molecule has 102 valence electrons. The van der Waals surface area contributed by atoms with Crippen molar-refractivity contribution >= 4 is 17.0 Å². The Morgan fingerprint density at radius 3 is 2.63 bits per heavy atom. The molecule has 0 aliphatic heterocycles. The van der Waals surface area contributed by atoms with Gasteiger partial charge in [0.15, 0.2) is 0 Å². The van der Waals surface area contributed by atoms with Gasteiger partial charge in [-0.3, -0.25) is 4.57 Å². The number of aromatic nitrogens is 1. The van der Waals surface area contributed by atoms with E-state index >= 15 is 0 Å². The van der Waals surface area contributed by atoms with Crippen LogP contribution in [0.25, 0.3) is 10.9 Å². The lowest BCUT2D eigenvalue weighted by Gasteiger charge is -2.19. The minimum Gasteiger partial charge on any atom is -0.494 e. The third kappa shape index (κ3) is 3.08. The van der Waals surface area contributed by atoms with Gasteiger partial charge in [-0.15, -0.1) is 0 Å². The lowest BCUT2D eigenvalue weighted by atomic mass is 10.2. The highest BCUT2D eigenvalue weighted by atomic mass is 16.6. The molecule has 0 bridgehead atoms. The molecule has 0 spiro atoms. The van der Waals surface area contributed by atoms with Crippen molar-refractivity contribution in [3.8, 4) is 5.75 Å². The van der Waals surface area contributed by atoms with Gasteiger partial charge in [0, 0.05) is 11.6 Å². The van der Waals surface area contributed by atoms with Crippen molar-refractivity contribution in [2.75, 3.05) is 6.61 Å². The van der Waals surface area contributed by atoms with Gasteiger partial charge < -0.3 is 9.47 Å². The third-order valence-corrected chi connectivity index (χ3v) is 2.56. The molecule has 0 unspecified atom stereocenters. The highest BCUT2D eigenvalue weighted by Gasteiger charge is 2.18. The number of rotatable bonds is 2. The quantitative estimate of drug-likeness (QED) is 0.825. The summed E-state index contributed by atoms with van der Waals surface area (Å²) in [4.78, 5) is 12.1. The molecule has 0 N–H and O–H groups in total. The molecule has 0 saturated carbocycles. The standard InChI is InChI=1S/C15H19NO3/c1-5-18-12-6-7-13-11(10-12)8-9-16(13)14(17)19-15(2,3)4/h6-10H,5H2,1-4H3. The van der Waals surface area contributed by atoms with Gasteiger partial charge in [-0.2, -0.15) is 0 Å². The van der Waals surface area contributed by atoms with Crippen LogP contribution in [0.2, 0.25) is 0 Å². The van der Waals surface area contributed by atoms with Crippen molar-refractivity contribution < 1.29 is 14.3 Å². The molecule has 0 aliphatic rings. The van der Waals surface area contributed by atoms with E-state index in [0.29, 0.717) is 6.61 Å². The van der Waals surface area contributed by atoms with Crippen molar-refractivity contribution in [2.45, 2.75) is 33.3 Å². The van der Waals surface area contributed by atoms with Crippen LogP contribution in [-0.4, -0.2) is 22.9 Å². The second-order valence-corrected chi connectivity index (χ2v) is 5.32. The van der Waals surface area contributed by atoms with E-state index in [1.54, 1.807) is 6.20 Å². The van der Waals surface area contributed by atoms with E-state index in [9.17, 15) is 4.79 Å². The van der Waals surface area contributed by atoms with E-state index in [1.807, 2.05) is 52.0 Å². The largest absolute Gasteiger partial charge is 0.494 e. The number of hydrogen-bond acceptors (Lipinski definition) is 3. The molecule has 2 rings (SSSR count). The first-order valence-corrected chi connectivity index (χ1v) is 6.38. The molecule has 0 atom stereocenters. The van der Waals surface area contributed by atoms with E-state index in [0.717, 1.165) is 16.7 Å². The van der Waals surface area contributed by atoms with Crippen LogP contribution in [0.4, 0.5) is 4.79 Å². The second-order valence-electron chi connectivity index (χ2n) is 5.32. The van der Waals surface area contributed by atoms with Gasteiger partial charge in [0.25, 0.3) is 0 Å². The number of ether oxygens (including phenoxy) is 2. The molecule has 4 nitrogen and oxygen atoms in total. The van der Waals surface area contributed by atoms with Gasteiger partial charge in [-0.05, 0) is 52.0 Å². The fourth-order valence-electron chi connectivity index (χ4n) is 1.85. The molecule has 1 heterocycles. The predicted octanol–water partition coefficient (Wildman–Crippen LogP) is 3.82. The molecule has 0 aliphatic carbocycles. The first kappa shape index (κ1) is 13.5. The average molecular weight is 261 g/mol. The van der Waals surface area contributed by atoms with Crippen LogP contribution in [0.3, 0.4) is 0 Å². The SMILES string of the molecule is CCOc1ccc2c(ccn2C(=O)OC(C)(C)C)c1. The Hall–Kier alpha value is -1.97. The number of fused-ring (bicyclic) bond motifs is 1. The van der Waals surface area contributed by atoms with Crippen LogP contribution in [0.5, 0.6) is 5.75 Å². The summed E-state index contributed by atoms with van der Waals surface area (Å²) in [6.45, 7) is 8.12. The van der Waals surface area contributed by atoms with E-state index < -0.39 is 5.60 Å². The Morgan fingerprint density at radius 2 is 2.00 bits per heavy atom. The van der Waals surface area contributed by atoms with Crippen LogP contribution in [0.1, 0.15) is 27.7 Å². The zero-order valence-corrected chi connectivity index (χ0v) is 11.8. The lowest BCUT2D eigenvalue weighted by molar-refractivity contribution is 0.0544. The Labute approximate surface area is 112 Å². The number of carbonyl (C=O) groups is 1. The summed E-state index contributed by atoms with van der Waals surface area (Å²) in [5, 5.41) is 0.955. The van der Waals surface area contributed by atoms with E-state index in [1.165, 1.54) is 4.57 Å². The molecule has 4 heteroatoms. The molecule has 0 radical (unpaired) electrons. The summed E-state index contributed by atoms with van der Waals surface area (Å²) < 4.78 is 12.3. The van der Waals surface area contributed by atoms with Crippen molar-refractivity contribution in [1.82, 2.24) is 4.57 Å². The minimum absolute atomic E-state index is 0.369. The molecule has 0 fully saturated rings. The van der Waals surface area contributed by atoms with Gasteiger partial charge in [-0.1, -0.05) is 0 Å². The van der Waals surface area contributed by atoms with Gasteiger partial charge >= 0.3 is 6.09 Å². The van der Waals surface area contributed by atoms with Crippen molar-refractivity contribution in [2.24, 2.45) is 0 Å². The Kier molecular flexibility index (Phi) is 3.51. The predicted molar refractivity (Wildman–Crippen MR) is 74.7 cm³/mol.